The van der Waals surface area contributed by atoms with Gasteiger partial charge in [-0.2, -0.15) is 0 Å². The molecule has 2 rings (SSSR count). The van der Waals surface area contributed by atoms with Gasteiger partial charge in [-0.1, -0.05) is 0 Å². The van der Waals surface area contributed by atoms with Crippen LogP contribution in [0.15, 0.2) is 12.1 Å². The number of anilines is 1. The third-order valence-electron chi connectivity index (χ3n) is 3.19. The Morgan fingerprint density at radius 2 is 2.24 bits per heavy atom. The maximum atomic E-state index is 13.7. The number of benzene rings is 1. The van der Waals surface area contributed by atoms with Gasteiger partial charge in [-0.15, -0.1) is 0 Å². The van der Waals surface area contributed by atoms with Crippen LogP contribution in [0, 0.1) is 15.9 Å². The highest BCUT2D eigenvalue weighted by molar-refractivity contribution is 6.03. The minimum Gasteiger partial charge on any atom is -0.392 e. The Balaban J connectivity index is 2.28. The van der Waals surface area contributed by atoms with Crippen molar-refractivity contribution in [1.82, 2.24) is 10.6 Å². The van der Waals surface area contributed by atoms with Crippen LogP contribution in [0.25, 0.3) is 0 Å². The fourth-order valence-corrected chi connectivity index (χ4v) is 2.11. The molecule has 0 spiro atoms. The molecule has 8 nitrogen and oxygen atoms in total. The van der Waals surface area contributed by atoms with Crippen molar-refractivity contribution in [2.24, 2.45) is 0 Å². The van der Waals surface area contributed by atoms with Gasteiger partial charge in [0.25, 0.3) is 11.6 Å². The quantitative estimate of drug-likeness (QED) is 0.420. The topological polar surface area (TPSA) is 127 Å². The predicted octanol–water partition coefficient (Wildman–Crippen LogP) is 0.324. The number of hydrogen-bond donors (Lipinski definition) is 3. The SMILES string of the molecule is Nc1c([N+](=O)[O-])ccc(F)c1C(=O)NC1CCCNC1=O. The maximum absolute atomic E-state index is 13.7. The summed E-state index contributed by atoms with van der Waals surface area (Å²) in [5, 5.41) is 15.7. The van der Waals surface area contributed by atoms with E-state index in [0.29, 0.717) is 19.4 Å². The third-order valence-corrected chi connectivity index (χ3v) is 3.19. The van der Waals surface area contributed by atoms with E-state index in [1.807, 2.05) is 0 Å². The second-order valence-corrected chi connectivity index (χ2v) is 4.57. The number of nitrogen functional groups attached to an aromatic ring is 1. The van der Waals surface area contributed by atoms with Gasteiger partial charge in [-0.3, -0.25) is 19.7 Å². The number of carbonyl (C=O) groups excluding carboxylic acids is 2. The van der Waals surface area contributed by atoms with E-state index in [9.17, 15) is 24.1 Å². The lowest BCUT2D eigenvalue weighted by molar-refractivity contribution is -0.384. The van der Waals surface area contributed by atoms with Gasteiger partial charge in [0.05, 0.1) is 4.92 Å². The number of carbonyl (C=O) groups is 2. The summed E-state index contributed by atoms with van der Waals surface area (Å²) in [6.07, 6.45) is 1.08. The standard InChI is InChI=1S/C12H13FN4O4/c13-6-3-4-8(17(20)21)10(14)9(6)12(19)16-7-2-1-5-15-11(7)18/h3-4,7H,1-2,5,14H2,(H,15,18)(H,16,19). The van der Waals surface area contributed by atoms with Crippen molar-refractivity contribution < 1.29 is 18.9 Å². The Morgan fingerprint density at radius 1 is 1.52 bits per heavy atom. The lowest BCUT2D eigenvalue weighted by atomic mass is 10.0. The normalized spacial score (nSPS) is 18.0. The predicted molar refractivity (Wildman–Crippen MR) is 71.0 cm³/mol. The van der Waals surface area contributed by atoms with E-state index in [4.69, 9.17) is 5.73 Å². The van der Waals surface area contributed by atoms with Crippen LogP contribution in [0.2, 0.25) is 0 Å². The number of halogens is 1. The number of hydrogen-bond acceptors (Lipinski definition) is 5. The minimum atomic E-state index is -0.980. The number of piperidine rings is 1. The Kier molecular flexibility index (Phi) is 4.01. The van der Waals surface area contributed by atoms with E-state index in [1.165, 1.54) is 0 Å². The molecule has 9 heteroatoms. The molecule has 0 radical (unpaired) electrons. The van der Waals surface area contributed by atoms with E-state index in [-0.39, 0.29) is 5.91 Å². The summed E-state index contributed by atoms with van der Waals surface area (Å²) in [5.41, 5.74) is 3.74. The fourth-order valence-electron chi connectivity index (χ4n) is 2.11. The van der Waals surface area contributed by atoms with Crippen molar-refractivity contribution in [1.29, 1.82) is 0 Å². The number of nitrogens with two attached hydrogens (primary N) is 1. The highest BCUT2D eigenvalue weighted by Crippen LogP contribution is 2.27. The van der Waals surface area contributed by atoms with Crippen LogP contribution in [-0.2, 0) is 4.79 Å². The summed E-state index contributed by atoms with van der Waals surface area (Å²) >= 11 is 0. The Morgan fingerprint density at radius 3 is 2.86 bits per heavy atom. The molecule has 1 fully saturated rings. The molecule has 0 saturated carbocycles. The monoisotopic (exact) mass is 296 g/mol. The highest BCUT2D eigenvalue weighted by atomic mass is 19.1. The second kappa shape index (κ2) is 5.73. The molecule has 2 amide bonds. The van der Waals surface area contributed by atoms with E-state index < -0.39 is 39.6 Å². The molecule has 1 heterocycles. The summed E-state index contributed by atoms with van der Waals surface area (Å²) in [5.74, 6) is -2.30. The molecular formula is C12H13FN4O4. The Bertz CT molecular complexity index is 620. The minimum absolute atomic E-state index is 0.376. The summed E-state index contributed by atoms with van der Waals surface area (Å²) in [6, 6.07) is 0.878. The third kappa shape index (κ3) is 2.91. The maximum Gasteiger partial charge on any atom is 0.293 e. The highest BCUT2D eigenvalue weighted by Gasteiger charge is 2.28. The zero-order valence-corrected chi connectivity index (χ0v) is 10.9. The first-order valence-electron chi connectivity index (χ1n) is 6.22. The Hall–Kier alpha value is -2.71. The molecule has 1 aliphatic heterocycles. The number of rotatable bonds is 3. The molecule has 1 aromatic rings. The first-order chi connectivity index (χ1) is 9.91. The van der Waals surface area contributed by atoms with E-state index >= 15 is 0 Å². The zero-order valence-electron chi connectivity index (χ0n) is 10.9. The summed E-state index contributed by atoms with van der Waals surface area (Å²) in [6.45, 7) is 0.512. The van der Waals surface area contributed by atoms with Crippen molar-refractivity contribution in [2.45, 2.75) is 18.9 Å². The number of nitrogens with one attached hydrogen (secondary N) is 2. The van der Waals surface area contributed by atoms with Crippen LogP contribution >= 0.6 is 0 Å². The molecule has 4 N–H and O–H groups in total. The fraction of sp³-hybridized carbons (Fsp3) is 0.333. The van der Waals surface area contributed by atoms with E-state index in [0.717, 1.165) is 12.1 Å². The van der Waals surface area contributed by atoms with Gasteiger partial charge in [0.15, 0.2) is 0 Å². The van der Waals surface area contributed by atoms with Gasteiger partial charge < -0.3 is 16.4 Å². The molecule has 21 heavy (non-hydrogen) atoms. The van der Waals surface area contributed by atoms with Gasteiger partial charge in [0.2, 0.25) is 5.91 Å². The van der Waals surface area contributed by atoms with Crippen LogP contribution in [0.4, 0.5) is 15.8 Å². The first-order valence-corrected chi connectivity index (χ1v) is 6.22. The van der Waals surface area contributed by atoms with Gasteiger partial charge in [-0.25, -0.2) is 4.39 Å². The number of amides is 2. The van der Waals surface area contributed by atoms with E-state index in [1.54, 1.807) is 0 Å². The van der Waals surface area contributed by atoms with E-state index in [2.05, 4.69) is 10.6 Å². The average Bonchev–Trinajstić information content (AvgIpc) is 2.41. The molecule has 1 unspecified atom stereocenters. The molecule has 1 aromatic carbocycles. The first kappa shape index (κ1) is 14.7. The molecule has 1 saturated heterocycles. The van der Waals surface area contributed by atoms with Gasteiger partial charge in [0, 0.05) is 12.6 Å². The van der Waals surface area contributed by atoms with Crippen LogP contribution in [0.3, 0.4) is 0 Å². The zero-order chi connectivity index (χ0) is 15.6. The Labute approximate surface area is 118 Å². The van der Waals surface area contributed by atoms with Crippen LogP contribution in [-0.4, -0.2) is 29.3 Å². The van der Waals surface area contributed by atoms with Crippen LogP contribution < -0.4 is 16.4 Å². The summed E-state index contributed by atoms with van der Waals surface area (Å²) in [7, 11) is 0. The molecule has 112 valence electrons. The van der Waals surface area contributed by atoms with Crippen molar-refractivity contribution in [3.05, 3.63) is 33.6 Å². The van der Waals surface area contributed by atoms with Crippen molar-refractivity contribution in [3.63, 3.8) is 0 Å². The van der Waals surface area contributed by atoms with Crippen LogP contribution in [0.5, 0.6) is 0 Å². The number of nitrogens with zero attached hydrogens (tertiary/aromatic N) is 1. The molecule has 0 aromatic heterocycles. The van der Waals surface area contributed by atoms with Gasteiger partial charge in [-0.05, 0) is 18.9 Å². The number of nitro benzene ring substituents is 1. The van der Waals surface area contributed by atoms with Crippen molar-refractivity contribution in [2.75, 3.05) is 12.3 Å². The molecule has 1 atom stereocenters. The number of nitro groups is 1. The van der Waals surface area contributed by atoms with Gasteiger partial charge in [0.1, 0.15) is 23.1 Å². The molecule has 1 aliphatic rings. The largest absolute Gasteiger partial charge is 0.392 e. The lowest BCUT2D eigenvalue weighted by Crippen LogP contribution is -2.50. The average molecular weight is 296 g/mol. The molecular weight excluding hydrogens is 283 g/mol. The van der Waals surface area contributed by atoms with Crippen LogP contribution in [0.1, 0.15) is 23.2 Å². The van der Waals surface area contributed by atoms with Crippen molar-refractivity contribution in [3.8, 4) is 0 Å². The van der Waals surface area contributed by atoms with Gasteiger partial charge >= 0.3 is 0 Å². The summed E-state index contributed by atoms with van der Waals surface area (Å²) in [4.78, 5) is 33.5. The lowest BCUT2D eigenvalue weighted by Gasteiger charge is -2.23. The molecule has 0 bridgehead atoms. The molecule has 0 aliphatic carbocycles. The smallest absolute Gasteiger partial charge is 0.293 e. The second-order valence-electron chi connectivity index (χ2n) is 4.57. The van der Waals surface area contributed by atoms with Crippen molar-refractivity contribution >= 4 is 23.2 Å². The summed E-state index contributed by atoms with van der Waals surface area (Å²) < 4.78 is 13.7.